The third-order valence-corrected chi connectivity index (χ3v) is 5.37. The number of carbonyl (C=O) groups excluding carboxylic acids is 2. The van der Waals surface area contributed by atoms with Crippen LogP contribution >= 0.6 is 0 Å². The fraction of sp³-hybridized carbons (Fsp3) is 0.304. The molecule has 8 nitrogen and oxygen atoms in total. The molecule has 3 aromatic rings. The van der Waals surface area contributed by atoms with Crippen LogP contribution in [0, 0.1) is 0 Å². The number of hydrogen-bond donors (Lipinski definition) is 1. The van der Waals surface area contributed by atoms with E-state index < -0.39 is 0 Å². The zero-order valence-corrected chi connectivity index (χ0v) is 17.7. The van der Waals surface area contributed by atoms with Gasteiger partial charge < -0.3 is 15.0 Å². The molecule has 0 aliphatic carbocycles. The number of nitrogens with one attached hydrogen (secondary N) is 1. The van der Waals surface area contributed by atoms with Crippen LogP contribution in [0.1, 0.15) is 18.4 Å². The van der Waals surface area contributed by atoms with Gasteiger partial charge >= 0.3 is 0 Å². The van der Waals surface area contributed by atoms with E-state index in [4.69, 9.17) is 4.74 Å². The molecule has 2 amide bonds. The summed E-state index contributed by atoms with van der Waals surface area (Å²) in [6, 6.07) is 15.7. The van der Waals surface area contributed by atoms with Crippen LogP contribution < -0.4 is 10.2 Å². The molecule has 2 aromatic carbocycles. The number of rotatable bonds is 6. The molecule has 0 saturated heterocycles. The Kier molecular flexibility index (Phi) is 6.08. The number of aromatic nitrogens is 3. The van der Waals surface area contributed by atoms with Crippen molar-refractivity contribution in [2.24, 2.45) is 7.05 Å². The van der Waals surface area contributed by atoms with Crippen molar-refractivity contribution in [3.8, 4) is 22.5 Å². The van der Waals surface area contributed by atoms with Gasteiger partial charge in [-0.2, -0.15) is 0 Å². The lowest BCUT2D eigenvalue weighted by molar-refractivity contribution is -0.125. The second-order valence-corrected chi connectivity index (χ2v) is 7.41. The maximum atomic E-state index is 13.3. The van der Waals surface area contributed by atoms with Crippen molar-refractivity contribution in [3.05, 3.63) is 54.1 Å². The van der Waals surface area contributed by atoms with Crippen LogP contribution in [0.4, 0.5) is 5.69 Å². The van der Waals surface area contributed by atoms with Gasteiger partial charge in [-0.1, -0.05) is 47.7 Å². The van der Waals surface area contributed by atoms with Gasteiger partial charge in [0.2, 0.25) is 11.8 Å². The quantitative estimate of drug-likeness (QED) is 0.620. The highest BCUT2D eigenvalue weighted by atomic mass is 16.5. The van der Waals surface area contributed by atoms with Gasteiger partial charge in [0, 0.05) is 44.7 Å². The third kappa shape index (κ3) is 4.20. The van der Waals surface area contributed by atoms with E-state index in [1.165, 1.54) is 0 Å². The number of hydrogen-bond acceptors (Lipinski definition) is 5. The van der Waals surface area contributed by atoms with Gasteiger partial charge in [0.15, 0.2) is 0 Å². The predicted molar refractivity (Wildman–Crippen MR) is 117 cm³/mol. The third-order valence-electron chi connectivity index (χ3n) is 5.37. The summed E-state index contributed by atoms with van der Waals surface area (Å²) in [6.07, 6.45) is 0.243. The first-order chi connectivity index (χ1) is 15.1. The number of fused-ring (bicyclic) bond motifs is 5. The summed E-state index contributed by atoms with van der Waals surface area (Å²) in [7, 11) is 3.43. The Hall–Kier alpha value is -3.52. The van der Waals surface area contributed by atoms with Crippen LogP contribution in [0.25, 0.3) is 22.5 Å². The Bertz CT molecular complexity index is 1110. The van der Waals surface area contributed by atoms with Gasteiger partial charge in [-0.05, 0) is 11.6 Å². The van der Waals surface area contributed by atoms with Crippen LogP contribution in [-0.2, 0) is 27.9 Å². The van der Waals surface area contributed by atoms with E-state index in [1.54, 1.807) is 16.7 Å². The molecular formula is C23H25N5O3. The Labute approximate surface area is 180 Å². The van der Waals surface area contributed by atoms with E-state index >= 15 is 0 Å². The molecule has 1 aliphatic heterocycles. The van der Waals surface area contributed by atoms with Crippen molar-refractivity contribution in [1.82, 2.24) is 20.3 Å². The van der Waals surface area contributed by atoms with Gasteiger partial charge in [0.25, 0.3) is 0 Å². The molecule has 0 radical (unpaired) electrons. The number of nitrogens with zero attached hydrogens (tertiary/aromatic N) is 4. The number of methoxy groups -OCH3 is 1. The lowest BCUT2D eigenvalue weighted by atomic mass is 9.95. The van der Waals surface area contributed by atoms with Gasteiger partial charge in [-0.3, -0.25) is 9.59 Å². The van der Waals surface area contributed by atoms with E-state index in [9.17, 15) is 9.59 Å². The largest absolute Gasteiger partial charge is 0.383 e. The Balaban J connectivity index is 1.69. The number of para-hydroxylation sites is 1. The monoisotopic (exact) mass is 419 g/mol. The number of ether oxygens (including phenoxy) is 1. The van der Waals surface area contributed by atoms with Crippen molar-refractivity contribution in [3.63, 3.8) is 0 Å². The van der Waals surface area contributed by atoms with Crippen molar-refractivity contribution in [2.45, 2.75) is 19.4 Å². The number of benzene rings is 2. The molecule has 0 bridgehead atoms. The molecule has 31 heavy (non-hydrogen) atoms. The van der Waals surface area contributed by atoms with E-state index in [-0.39, 0.29) is 24.7 Å². The average Bonchev–Trinajstić information content (AvgIpc) is 3.15. The van der Waals surface area contributed by atoms with E-state index in [0.717, 1.165) is 33.8 Å². The summed E-state index contributed by atoms with van der Waals surface area (Å²) < 4.78 is 6.68. The Morgan fingerprint density at radius 1 is 1.06 bits per heavy atom. The molecule has 0 spiro atoms. The molecule has 160 valence electrons. The topological polar surface area (TPSA) is 89.3 Å². The van der Waals surface area contributed by atoms with Gasteiger partial charge in [-0.25, -0.2) is 4.68 Å². The van der Waals surface area contributed by atoms with Crippen LogP contribution in [0.2, 0.25) is 0 Å². The smallest absolute Gasteiger partial charge is 0.227 e. The number of amides is 2. The van der Waals surface area contributed by atoms with E-state index in [2.05, 4.69) is 15.6 Å². The summed E-state index contributed by atoms with van der Waals surface area (Å²) in [5.41, 5.74) is 5.27. The predicted octanol–water partition coefficient (Wildman–Crippen LogP) is 2.54. The molecule has 8 heteroatoms. The van der Waals surface area contributed by atoms with Gasteiger partial charge in [0.05, 0.1) is 24.5 Å². The first-order valence-corrected chi connectivity index (χ1v) is 10.2. The van der Waals surface area contributed by atoms with Crippen LogP contribution in [0.5, 0.6) is 0 Å². The SMILES string of the molecule is COCCNC(=O)CCC(=O)N1Cc2ccccc2-c2nnn(C)c2-c2ccccc21. The van der Waals surface area contributed by atoms with Crippen LogP contribution in [-0.4, -0.2) is 47.1 Å². The molecule has 1 N–H and O–H groups in total. The minimum Gasteiger partial charge on any atom is -0.383 e. The van der Waals surface area contributed by atoms with Gasteiger partial charge in [0.1, 0.15) is 5.69 Å². The van der Waals surface area contributed by atoms with E-state index in [1.807, 2.05) is 55.6 Å². The average molecular weight is 419 g/mol. The molecule has 1 aliphatic rings. The first-order valence-electron chi connectivity index (χ1n) is 10.2. The van der Waals surface area contributed by atoms with Crippen molar-refractivity contribution in [1.29, 1.82) is 0 Å². The lowest BCUT2D eigenvalue weighted by Gasteiger charge is -2.28. The van der Waals surface area contributed by atoms with Crippen molar-refractivity contribution < 1.29 is 14.3 Å². The molecule has 1 aromatic heterocycles. The Morgan fingerprint density at radius 2 is 1.81 bits per heavy atom. The van der Waals surface area contributed by atoms with Crippen molar-refractivity contribution in [2.75, 3.05) is 25.2 Å². The van der Waals surface area contributed by atoms with Crippen LogP contribution in [0.15, 0.2) is 48.5 Å². The van der Waals surface area contributed by atoms with Crippen molar-refractivity contribution >= 4 is 17.5 Å². The minimum atomic E-state index is -0.163. The summed E-state index contributed by atoms with van der Waals surface area (Å²) in [4.78, 5) is 27.1. The number of anilines is 1. The highest BCUT2D eigenvalue weighted by Gasteiger charge is 2.28. The maximum Gasteiger partial charge on any atom is 0.227 e. The highest BCUT2D eigenvalue weighted by Crippen LogP contribution is 2.40. The second-order valence-electron chi connectivity index (χ2n) is 7.41. The number of carbonyl (C=O) groups is 2. The first kappa shape index (κ1) is 20.7. The molecule has 0 atom stereocenters. The second kappa shape index (κ2) is 9.09. The minimum absolute atomic E-state index is 0.109. The molecule has 0 fully saturated rings. The fourth-order valence-electron chi connectivity index (χ4n) is 3.85. The molecular weight excluding hydrogens is 394 g/mol. The number of aryl methyl sites for hydroxylation is 1. The lowest BCUT2D eigenvalue weighted by Crippen LogP contribution is -2.33. The summed E-state index contributed by atoms with van der Waals surface area (Å²) in [6.45, 7) is 1.27. The Morgan fingerprint density at radius 3 is 2.61 bits per heavy atom. The molecule has 0 saturated carbocycles. The zero-order chi connectivity index (χ0) is 21.8. The van der Waals surface area contributed by atoms with E-state index in [0.29, 0.717) is 19.7 Å². The normalized spacial score (nSPS) is 12.3. The summed E-state index contributed by atoms with van der Waals surface area (Å²) >= 11 is 0. The standard InChI is InChI=1S/C23H25N5O3/c1-27-23-18-9-5-6-10-19(18)28(21(30)12-11-20(29)24-13-14-31-2)15-16-7-3-4-8-17(16)22(23)25-26-27/h3-10H,11-15H2,1-2H3,(H,24,29). The van der Waals surface area contributed by atoms with Gasteiger partial charge in [-0.15, -0.1) is 5.10 Å². The van der Waals surface area contributed by atoms with Crippen LogP contribution in [0.3, 0.4) is 0 Å². The fourth-order valence-corrected chi connectivity index (χ4v) is 3.85. The molecule has 0 unspecified atom stereocenters. The highest BCUT2D eigenvalue weighted by molar-refractivity contribution is 6.01. The summed E-state index contributed by atoms with van der Waals surface area (Å²) in [5, 5.41) is 11.4. The maximum absolute atomic E-state index is 13.3. The zero-order valence-electron chi connectivity index (χ0n) is 17.7. The summed E-state index contributed by atoms with van der Waals surface area (Å²) in [5.74, 6) is -0.271. The molecule has 4 rings (SSSR count). The molecule has 2 heterocycles.